The molecule has 0 bridgehead atoms. The van der Waals surface area contributed by atoms with Crippen LogP contribution in [0.4, 0.5) is 0 Å². The van der Waals surface area contributed by atoms with Crippen LogP contribution in [0, 0.1) is 0 Å². The van der Waals surface area contributed by atoms with E-state index in [4.69, 9.17) is 4.89 Å². The number of hydrogen-bond acceptors (Lipinski definition) is 2. The van der Waals surface area contributed by atoms with Crippen LogP contribution in [-0.2, 0) is 7.37 Å². The molecule has 6 heteroatoms. The maximum absolute atomic E-state index is 9.33. The molecule has 2 radical (unpaired) electrons. The molecule has 0 amide bonds. The van der Waals surface area contributed by atoms with Gasteiger partial charge in [0.25, 0.3) is 0 Å². The first-order valence-corrected chi connectivity index (χ1v) is 3.28. The van der Waals surface area contributed by atoms with Crippen molar-refractivity contribution in [1.29, 1.82) is 0 Å². The van der Waals surface area contributed by atoms with E-state index in [-0.39, 0.29) is 27.3 Å². The molecule has 0 aromatic rings. The van der Waals surface area contributed by atoms with Gasteiger partial charge in [-0.15, -0.1) is 0 Å². The third-order valence-electron chi connectivity index (χ3n) is 0.0902. The monoisotopic (exact) mass is 413 g/mol. The van der Waals surface area contributed by atoms with Gasteiger partial charge in [0.05, 0.1) is 0 Å². The second kappa shape index (κ2) is 6.76. The SMILES string of the molecule is O=[P+](O)[O][SbH2].[PbH2]. The first-order chi connectivity index (χ1) is 2.27. The zero-order valence-electron chi connectivity index (χ0n) is 3.00. The summed E-state index contributed by atoms with van der Waals surface area (Å²) in [5.74, 6) is 0. The summed E-state index contributed by atoms with van der Waals surface area (Å²) >= 11 is 0.393. The molecule has 0 aromatic carbocycles. The molecule has 3 nitrogen and oxygen atoms in total. The summed E-state index contributed by atoms with van der Waals surface area (Å²) in [6, 6.07) is 0. The minimum absolute atomic E-state index is 0. The zero-order valence-corrected chi connectivity index (χ0v) is 12.7. The number of hydrogen-bond donors (Lipinski definition) is 1. The van der Waals surface area contributed by atoms with Crippen molar-refractivity contribution < 1.29 is 12.3 Å². The fraction of sp³-hybridized carbons (Fsp3) is 0. The Morgan fingerprint density at radius 2 is 2.00 bits per heavy atom. The molecular weight excluding hydrogens is 408 g/mol. The van der Waals surface area contributed by atoms with E-state index >= 15 is 0 Å². The first-order valence-electron chi connectivity index (χ1n) is 0.801. The van der Waals surface area contributed by atoms with E-state index in [1.807, 2.05) is 0 Å². The summed E-state index contributed by atoms with van der Waals surface area (Å²) in [5, 5.41) is 0. The molecule has 6 heavy (non-hydrogen) atoms. The Kier molecular flexibility index (Phi) is 12.0. The Morgan fingerprint density at radius 3 is 2.00 bits per heavy atom. The molecular formula is H5O3PPbSb+. The van der Waals surface area contributed by atoms with E-state index < -0.39 is 8.25 Å². The Bertz CT molecular complexity index is 46.1. The molecule has 0 heterocycles. The molecule has 0 aromatic heterocycles. The van der Waals surface area contributed by atoms with Gasteiger partial charge in [0.2, 0.25) is 0 Å². The van der Waals surface area contributed by atoms with Gasteiger partial charge in [-0.2, -0.15) is 0 Å². The summed E-state index contributed by atoms with van der Waals surface area (Å²) in [5.41, 5.74) is 0. The summed E-state index contributed by atoms with van der Waals surface area (Å²) in [6.45, 7) is 0. The van der Waals surface area contributed by atoms with Gasteiger partial charge in [0.15, 0.2) is 0 Å². The fourth-order valence-corrected chi connectivity index (χ4v) is 0. The van der Waals surface area contributed by atoms with Gasteiger partial charge < -0.3 is 0 Å². The van der Waals surface area contributed by atoms with Crippen LogP contribution in [0.25, 0.3) is 0 Å². The van der Waals surface area contributed by atoms with Crippen molar-refractivity contribution in [3.8, 4) is 0 Å². The number of rotatable bonds is 1. The van der Waals surface area contributed by atoms with Crippen molar-refractivity contribution in [2.75, 3.05) is 0 Å². The molecule has 0 aliphatic rings. The average Bonchev–Trinajstić information content (AvgIpc) is 1.38. The Hall–Kier alpha value is 1.76. The van der Waals surface area contributed by atoms with Crippen molar-refractivity contribution in [3.63, 3.8) is 0 Å². The third-order valence-corrected chi connectivity index (χ3v) is 1.81. The van der Waals surface area contributed by atoms with E-state index in [0.29, 0.717) is 23.4 Å². The Morgan fingerprint density at radius 1 is 1.83 bits per heavy atom. The Balaban J connectivity index is 0. The second-order valence-corrected chi connectivity index (χ2v) is 2.83. The van der Waals surface area contributed by atoms with Crippen molar-refractivity contribution in [2.24, 2.45) is 0 Å². The van der Waals surface area contributed by atoms with Crippen LogP contribution in [0.1, 0.15) is 0 Å². The molecule has 1 unspecified atom stereocenters. The average molecular weight is 413 g/mol. The van der Waals surface area contributed by atoms with E-state index in [2.05, 4.69) is 2.80 Å². The van der Waals surface area contributed by atoms with Gasteiger partial charge in [0.1, 0.15) is 0 Å². The van der Waals surface area contributed by atoms with Crippen LogP contribution < -0.4 is 0 Å². The van der Waals surface area contributed by atoms with Gasteiger partial charge in [0, 0.05) is 0 Å². The standard InChI is InChI=1S/HO3P.Pb.Sb.4H/c1-4(2)3;;;;;;/h(H,1,2,3);;;;;;/q;;+1;;;;. The van der Waals surface area contributed by atoms with Crippen LogP contribution in [0.3, 0.4) is 0 Å². The fourth-order valence-electron chi connectivity index (χ4n) is 0. The molecule has 1 N–H and O–H groups in total. The zero-order chi connectivity index (χ0) is 4.28. The van der Waals surface area contributed by atoms with Crippen molar-refractivity contribution in [3.05, 3.63) is 0 Å². The topological polar surface area (TPSA) is 46.5 Å². The van der Waals surface area contributed by atoms with Crippen LogP contribution in [-0.4, -0.2) is 55.6 Å². The molecule has 0 aliphatic carbocycles. The van der Waals surface area contributed by atoms with E-state index in [0.717, 1.165) is 0 Å². The second-order valence-electron chi connectivity index (χ2n) is 0.343. The minimum atomic E-state index is -2.29. The van der Waals surface area contributed by atoms with E-state index in [1.54, 1.807) is 0 Å². The quantitative estimate of drug-likeness (QED) is 0.412. The summed E-state index contributed by atoms with van der Waals surface area (Å²) in [6.07, 6.45) is 0. The maximum atomic E-state index is 9.33. The predicted octanol–water partition coefficient (Wildman–Crippen LogP) is -1.72. The molecule has 0 saturated heterocycles. The predicted molar refractivity (Wildman–Crippen MR) is 28.0 cm³/mol. The normalized spacial score (nSPS) is 9.33. The van der Waals surface area contributed by atoms with Gasteiger partial charge in [-0.25, -0.2) is 0 Å². The molecule has 0 saturated carbocycles. The van der Waals surface area contributed by atoms with Crippen LogP contribution in [0.15, 0.2) is 0 Å². The molecule has 0 fully saturated rings. The van der Waals surface area contributed by atoms with Gasteiger partial charge >= 0.3 is 71.3 Å². The van der Waals surface area contributed by atoms with Crippen molar-refractivity contribution in [1.82, 2.24) is 0 Å². The van der Waals surface area contributed by atoms with Gasteiger partial charge in [-0.1, -0.05) is 0 Å². The summed E-state index contributed by atoms with van der Waals surface area (Å²) in [7, 11) is -2.29. The molecule has 0 rings (SSSR count). The van der Waals surface area contributed by atoms with Crippen molar-refractivity contribution in [2.45, 2.75) is 0 Å². The van der Waals surface area contributed by atoms with Crippen LogP contribution in [0.2, 0.25) is 0 Å². The van der Waals surface area contributed by atoms with Gasteiger partial charge in [-0.3, -0.25) is 0 Å². The van der Waals surface area contributed by atoms with E-state index in [9.17, 15) is 4.57 Å². The Labute approximate surface area is 70.6 Å². The first kappa shape index (κ1) is 10.7. The molecule has 0 spiro atoms. The van der Waals surface area contributed by atoms with Crippen molar-refractivity contribution >= 4 is 59.0 Å². The summed E-state index contributed by atoms with van der Waals surface area (Å²) in [4.78, 5) is 7.68. The van der Waals surface area contributed by atoms with E-state index in [1.165, 1.54) is 0 Å². The van der Waals surface area contributed by atoms with Crippen LogP contribution in [0.5, 0.6) is 0 Å². The third kappa shape index (κ3) is 9.23. The molecule has 1 atom stereocenters. The van der Waals surface area contributed by atoms with Gasteiger partial charge in [-0.05, 0) is 0 Å². The summed E-state index contributed by atoms with van der Waals surface area (Å²) < 4.78 is 13.3. The molecule has 0 aliphatic heterocycles. The molecule has 36 valence electrons. The van der Waals surface area contributed by atoms with Crippen LogP contribution >= 0.6 is 8.25 Å².